The second-order valence-electron chi connectivity index (χ2n) is 4.60. The van der Waals surface area contributed by atoms with Gasteiger partial charge in [-0.1, -0.05) is 6.07 Å². The normalized spacial score (nSPS) is 16.8. The van der Waals surface area contributed by atoms with Crippen molar-refractivity contribution >= 4 is 11.7 Å². The zero-order valence-corrected chi connectivity index (χ0v) is 10.5. The van der Waals surface area contributed by atoms with Crippen LogP contribution in [0.5, 0.6) is 0 Å². The molecule has 1 aliphatic rings. The van der Waals surface area contributed by atoms with Gasteiger partial charge in [0.25, 0.3) is 0 Å². The second kappa shape index (κ2) is 4.94. The van der Waals surface area contributed by atoms with Gasteiger partial charge in [-0.2, -0.15) is 0 Å². The number of ether oxygens (including phenoxy) is 2. The van der Waals surface area contributed by atoms with E-state index >= 15 is 0 Å². The Bertz CT molecular complexity index is 446. The first-order valence-corrected chi connectivity index (χ1v) is 5.70. The first kappa shape index (κ1) is 12.8. The molecule has 0 amide bonds. The van der Waals surface area contributed by atoms with Gasteiger partial charge in [-0.05, 0) is 18.2 Å². The van der Waals surface area contributed by atoms with Gasteiger partial charge in [-0.15, -0.1) is 0 Å². The second-order valence-corrected chi connectivity index (χ2v) is 4.60. The number of methoxy groups -OCH3 is 1. The van der Waals surface area contributed by atoms with Crippen LogP contribution in [0.25, 0.3) is 0 Å². The van der Waals surface area contributed by atoms with Crippen molar-refractivity contribution < 1.29 is 18.7 Å². The molecule has 1 aliphatic heterocycles. The number of nitrogens with zero attached hydrogens (tertiary/aromatic N) is 1. The largest absolute Gasteiger partial charge is 0.468 e. The molecule has 0 radical (unpaired) electrons. The van der Waals surface area contributed by atoms with Crippen LogP contribution >= 0.6 is 0 Å². The van der Waals surface area contributed by atoms with Gasteiger partial charge >= 0.3 is 5.97 Å². The van der Waals surface area contributed by atoms with Crippen LogP contribution in [0.4, 0.5) is 10.1 Å². The van der Waals surface area contributed by atoms with E-state index in [9.17, 15) is 9.18 Å². The Morgan fingerprint density at radius 3 is 2.78 bits per heavy atom. The van der Waals surface area contributed by atoms with E-state index in [4.69, 9.17) is 9.47 Å². The Morgan fingerprint density at radius 1 is 1.56 bits per heavy atom. The monoisotopic (exact) mass is 253 g/mol. The molecule has 0 atom stereocenters. The summed E-state index contributed by atoms with van der Waals surface area (Å²) >= 11 is 0. The smallest absolute Gasteiger partial charge is 0.318 e. The molecule has 0 spiro atoms. The van der Waals surface area contributed by atoms with E-state index in [1.54, 1.807) is 12.1 Å². The third-order valence-electron chi connectivity index (χ3n) is 3.16. The van der Waals surface area contributed by atoms with E-state index < -0.39 is 5.41 Å². The summed E-state index contributed by atoms with van der Waals surface area (Å²) in [4.78, 5) is 13.6. The molecule has 1 fully saturated rings. The van der Waals surface area contributed by atoms with Crippen molar-refractivity contribution in [2.75, 3.05) is 38.8 Å². The van der Waals surface area contributed by atoms with Gasteiger partial charge in [0, 0.05) is 19.3 Å². The first-order valence-electron chi connectivity index (χ1n) is 5.70. The number of esters is 1. The third-order valence-corrected chi connectivity index (χ3v) is 3.16. The molecule has 0 unspecified atom stereocenters. The number of halogens is 1. The Balaban J connectivity index is 2.11. The lowest BCUT2D eigenvalue weighted by molar-refractivity contribution is -0.180. The fourth-order valence-corrected chi connectivity index (χ4v) is 2.10. The average molecular weight is 253 g/mol. The molecule has 0 saturated carbocycles. The summed E-state index contributed by atoms with van der Waals surface area (Å²) in [5, 5.41) is 0. The number of carbonyl (C=O) groups is 1. The quantitative estimate of drug-likeness (QED) is 0.761. The van der Waals surface area contributed by atoms with Crippen molar-refractivity contribution in [3.8, 4) is 0 Å². The highest BCUT2D eigenvalue weighted by Crippen LogP contribution is 2.31. The third kappa shape index (κ3) is 2.31. The molecule has 18 heavy (non-hydrogen) atoms. The zero-order valence-electron chi connectivity index (χ0n) is 10.5. The summed E-state index contributed by atoms with van der Waals surface area (Å²) in [6, 6.07) is 6.27. The van der Waals surface area contributed by atoms with Crippen LogP contribution in [-0.2, 0) is 14.3 Å². The molecular weight excluding hydrogens is 237 g/mol. The number of hydrogen-bond acceptors (Lipinski definition) is 4. The van der Waals surface area contributed by atoms with Crippen LogP contribution in [0.2, 0.25) is 0 Å². The van der Waals surface area contributed by atoms with Gasteiger partial charge in [-0.25, -0.2) is 4.39 Å². The average Bonchev–Trinajstić information content (AvgIpc) is 2.32. The van der Waals surface area contributed by atoms with Gasteiger partial charge in [0.1, 0.15) is 11.2 Å². The van der Waals surface area contributed by atoms with E-state index in [0.717, 1.165) is 5.69 Å². The van der Waals surface area contributed by atoms with Crippen molar-refractivity contribution in [1.29, 1.82) is 0 Å². The van der Waals surface area contributed by atoms with Crippen LogP contribution in [0.15, 0.2) is 24.3 Å². The Hall–Kier alpha value is -1.62. The van der Waals surface area contributed by atoms with Crippen molar-refractivity contribution in [3.63, 3.8) is 0 Å². The lowest BCUT2D eigenvalue weighted by Gasteiger charge is -2.41. The van der Waals surface area contributed by atoms with E-state index in [1.165, 1.54) is 19.2 Å². The summed E-state index contributed by atoms with van der Waals surface area (Å²) in [7, 11) is 3.18. The molecule has 1 heterocycles. The molecule has 1 aromatic rings. The van der Waals surface area contributed by atoms with Crippen LogP contribution < -0.4 is 4.90 Å². The number of anilines is 1. The summed E-state index contributed by atoms with van der Waals surface area (Å²) in [6.45, 7) is 1.14. The summed E-state index contributed by atoms with van der Waals surface area (Å²) in [6.07, 6.45) is 0. The van der Waals surface area contributed by atoms with Gasteiger partial charge in [-0.3, -0.25) is 4.79 Å². The Kier molecular flexibility index (Phi) is 3.52. The molecule has 1 saturated heterocycles. The summed E-state index contributed by atoms with van der Waals surface area (Å²) in [5.41, 5.74) is 0.0979. The molecule has 1 aromatic carbocycles. The van der Waals surface area contributed by atoms with Gasteiger partial charge < -0.3 is 14.4 Å². The lowest BCUT2D eigenvalue weighted by Crippen LogP contribution is -2.56. The van der Waals surface area contributed by atoms with Crippen molar-refractivity contribution in [2.24, 2.45) is 5.41 Å². The molecule has 0 N–H and O–H groups in total. The van der Waals surface area contributed by atoms with Crippen molar-refractivity contribution in [2.45, 2.75) is 0 Å². The zero-order chi connectivity index (χ0) is 13.2. The van der Waals surface area contributed by atoms with Crippen LogP contribution in [-0.4, -0.2) is 39.9 Å². The van der Waals surface area contributed by atoms with E-state index in [-0.39, 0.29) is 11.8 Å². The molecule has 0 bridgehead atoms. The minimum absolute atomic E-state index is 0.281. The molecule has 98 valence electrons. The molecule has 4 nitrogen and oxygen atoms in total. The number of carbonyl (C=O) groups excluding carboxylic acids is 1. The molecule has 5 heteroatoms. The maximum atomic E-state index is 13.1. The predicted molar refractivity (Wildman–Crippen MR) is 64.9 cm³/mol. The molecule has 0 aliphatic carbocycles. The Morgan fingerprint density at radius 2 is 2.28 bits per heavy atom. The fraction of sp³-hybridized carbons (Fsp3) is 0.462. The van der Waals surface area contributed by atoms with Crippen molar-refractivity contribution in [1.82, 2.24) is 0 Å². The SMILES string of the molecule is COC(=O)C1(CN(C)c2cccc(F)c2)COC1. The van der Waals surface area contributed by atoms with E-state index in [1.807, 2.05) is 11.9 Å². The standard InChI is InChI=1S/C13H16FNO3/c1-15(11-5-3-4-10(14)6-11)7-13(8-18-9-13)12(16)17-2/h3-6H,7-9H2,1-2H3. The summed E-state index contributed by atoms with van der Waals surface area (Å²) < 4.78 is 23.1. The van der Waals surface area contributed by atoms with Crippen molar-refractivity contribution in [3.05, 3.63) is 30.1 Å². The van der Waals surface area contributed by atoms with E-state index in [2.05, 4.69) is 0 Å². The number of benzene rings is 1. The predicted octanol–water partition coefficient (Wildman–Crippen LogP) is 1.45. The maximum absolute atomic E-state index is 13.1. The minimum atomic E-state index is -0.629. The number of hydrogen-bond donors (Lipinski definition) is 0. The lowest BCUT2D eigenvalue weighted by atomic mass is 9.85. The molecule has 0 aromatic heterocycles. The van der Waals surface area contributed by atoms with Gasteiger partial charge in [0.2, 0.25) is 0 Å². The van der Waals surface area contributed by atoms with E-state index in [0.29, 0.717) is 19.8 Å². The Labute approximate surface area is 105 Å². The highest BCUT2D eigenvalue weighted by Gasteiger charge is 2.48. The molecule has 2 rings (SSSR count). The summed E-state index contributed by atoms with van der Waals surface area (Å²) in [5.74, 6) is -0.576. The van der Waals surface area contributed by atoms with Gasteiger partial charge in [0.05, 0.1) is 20.3 Å². The van der Waals surface area contributed by atoms with Crippen LogP contribution in [0.1, 0.15) is 0 Å². The first-order chi connectivity index (χ1) is 8.57. The topological polar surface area (TPSA) is 38.8 Å². The highest BCUT2D eigenvalue weighted by molar-refractivity contribution is 5.79. The fourth-order valence-electron chi connectivity index (χ4n) is 2.10. The number of rotatable bonds is 4. The highest BCUT2D eigenvalue weighted by atomic mass is 19.1. The maximum Gasteiger partial charge on any atom is 0.318 e. The van der Waals surface area contributed by atoms with Gasteiger partial charge in [0.15, 0.2) is 0 Å². The van der Waals surface area contributed by atoms with Crippen LogP contribution in [0.3, 0.4) is 0 Å². The van der Waals surface area contributed by atoms with Crippen LogP contribution in [0, 0.1) is 11.2 Å². The molecular formula is C13H16FNO3. The minimum Gasteiger partial charge on any atom is -0.468 e.